The largest absolute Gasteiger partial charge is 0.323 e. The minimum atomic E-state index is -0.121. The Labute approximate surface area is 158 Å². The number of nitrogens with zero attached hydrogens (tertiary/aromatic N) is 3. The van der Waals surface area contributed by atoms with Gasteiger partial charge in [-0.05, 0) is 49.7 Å². The maximum absolute atomic E-state index is 11.6. The van der Waals surface area contributed by atoms with Gasteiger partial charge >= 0.3 is 0 Å². The molecule has 9 heteroatoms. The Hall–Kier alpha value is -3.07. The van der Waals surface area contributed by atoms with Gasteiger partial charge in [0.05, 0.1) is 10.9 Å². The van der Waals surface area contributed by atoms with E-state index < -0.39 is 0 Å². The van der Waals surface area contributed by atoms with Crippen molar-refractivity contribution in [3.8, 4) is 0 Å². The van der Waals surface area contributed by atoms with Gasteiger partial charge in [0.15, 0.2) is 11.0 Å². The highest BCUT2D eigenvalue weighted by Crippen LogP contribution is 2.39. The smallest absolute Gasteiger partial charge is 0.271 e. The zero-order valence-electron chi connectivity index (χ0n) is 14.5. The quantitative estimate of drug-likeness (QED) is 0.395. The van der Waals surface area contributed by atoms with Crippen molar-refractivity contribution < 1.29 is 0 Å². The molecular weight excluding hydrogens is 362 g/mol. The predicted octanol–water partition coefficient (Wildman–Crippen LogP) is 3.45. The first-order chi connectivity index (χ1) is 13.1. The maximum Gasteiger partial charge on any atom is 0.271 e. The summed E-state index contributed by atoms with van der Waals surface area (Å²) >= 11 is 1.44. The first kappa shape index (κ1) is 16.1. The van der Waals surface area contributed by atoms with Crippen LogP contribution in [0, 0.1) is 6.92 Å². The Morgan fingerprint density at radius 2 is 2.00 bits per heavy atom. The molecule has 1 aliphatic carbocycles. The highest BCUT2D eigenvalue weighted by molar-refractivity contribution is 7.99. The van der Waals surface area contributed by atoms with Crippen molar-refractivity contribution in [1.29, 1.82) is 0 Å². The van der Waals surface area contributed by atoms with E-state index in [1.807, 2.05) is 31.2 Å². The first-order valence-corrected chi connectivity index (χ1v) is 9.52. The summed E-state index contributed by atoms with van der Waals surface area (Å²) in [5.74, 6) is 2.09. The molecule has 4 N–H and O–H groups in total. The van der Waals surface area contributed by atoms with Gasteiger partial charge in [0, 0.05) is 34.3 Å². The Balaban J connectivity index is 1.39. The summed E-state index contributed by atoms with van der Waals surface area (Å²) in [5, 5.41) is 17.4. The van der Waals surface area contributed by atoms with E-state index in [0.717, 1.165) is 21.9 Å². The monoisotopic (exact) mass is 379 g/mol. The fourth-order valence-corrected chi connectivity index (χ4v) is 3.83. The lowest BCUT2D eigenvalue weighted by Gasteiger charge is -2.06. The second-order valence-electron chi connectivity index (χ2n) is 6.67. The number of benzene rings is 1. The predicted molar refractivity (Wildman–Crippen MR) is 104 cm³/mol. The molecule has 27 heavy (non-hydrogen) atoms. The van der Waals surface area contributed by atoms with E-state index in [1.165, 1.54) is 30.3 Å². The normalized spacial score (nSPS) is 14.0. The zero-order chi connectivity index (χ0) is 18.4. The van der Waals surface area contributed by atoms with Crippen LogP contribution in [0.15, 0.2) is 45.2 Å². The van der Waals surface area contributed by atoms with Gasteiger partial charge in [-0.15, -0.1) is 0 Å². The van der Waals surface area contributed by atoms with Gasteiger partial charge in [0.1, 0.15) is 5.82 Å². The lowest BCUT2D eigenvalue weighted by molar-refractivity contribution is 0.934. The molecule has 0 spiro atoms. The van der Waals surface area contributed by atoms with E-state index >= 15 is 0 Å². The molecule has 0 saturated heterocycles. The van der Waals surface area contributed by atoms with E-state index in [9.17, 15) is 4.79 Å². The molecule has 0 aliphatic heterocycles. The van der Waals surface area contributed by atoms with Gasteiger partial charge in [0.2, 0.25) is 0 Å². The van der Waals surface area contributed by atoms with Crippen LogP contribution in [0.5, 0.6) is 0 Å². The van der Waals surface area contributed by atoms with Crippen molar-refractivity contribution in [3.63, 3.8) is 0 Å². The van der Waals surface area contributed by atoms with Crippen LogP contribution in [0.1, 0.15) is 30.1 Å². The van der Waals surface area contributed by atoms with Gasteiger partial charge in [-0.1, -0.05) is 0 Å². The molecule has 1 fully saturated rings. The summed E-state index contributed by atoms with van der Waals surface area (Å²) < 4.78 is 0. The minimum absolute atomic E-state index is 0.121. The van der Waals surface area contributed by atoms with Gasteiger partial charge < -0.3 is 5.32 Å². The number of anilines is 2. The lowest BCUT2D eigenvalue weighted by atomic mass is 10.2. The first-order valence-electron chi connectivity index (χ1n) is 8.70. The average molecular weight is 379 g/mol. The number of hydrogen-bond acceptors (Lipinski definition) is 6. The molecule has 0 unspecified atom stereocenters. The van der Waals surface area contributed by atoms with Gasteiger partial charge in [-0.2, -0.15) is 5.10 Å². The summed E-state index contributed by atoms with van der Waals surface area (Å²) in [6.07, 6.45) is 2.46. The van der Waals surface area contributed by atoms with Gasteiger partial charge in [-0.3, -0.25) is 20.1 Å². The van der Waals surface area contributed by atoms with Crippen molar-refractivity contribution in [3.05, 3.63) is 52.1 Å². The Kier molecular flexibility index (Phi) is 3.75. The number of aryl methyl sites for hydroxylation is 1. The molecular formula is C18H17N7OS. The number of hydrogen-bond donors (Lipinski definition) is 4. The number of fused-ring (bicyclic) bond motifs is 1. The Bertz CT molecular complexity index is 1190. The van der Waals surface area contributed by atoms with E-state index in [2.05, 4.69) is 35.7 Å². The molecule has 1 aliphatic rings. The van der Waals surface area contributed by atoms with Gasteiger partial charge in [-0.25, -0.2) is 9.97 Å². The molecule has 3 aromatic heterocycles. The van der Waals surface area contributed by atoms with Crippen LogP contribution in [0.2, 0.25) is 0 Å². The van der Waals surface area contributed by atoms with Crippen LogP contribution >= 0.6 is 11.8 Å². The number of nitrogens with one attached hydrogen (secondary N) is 4. The van der Waals surface area contributed by atoms with Crippen molar-refractivity contribution in [2.75, 3.05) is 5.32 Å². The van der Waals surface area contributed by atoms with Crippen LogP contribution < -0.4 is 10.9 Å². The summed E-state index contributed by atoms with van der Waals surface area (Å²) in [6.45, 7) is 1.93. The number of aromatic amines is 3. The fraction of sp³-hybridized carbons (Fsp3) is 0.222. The maximum atomic E-state index is 11.6. The molecule has 0 bridgehead atoms. The van der Waals surface area contributed by atoms with Crippen LogP contribution in [-0.4, -0.2) is 30.4 Å². The molecule has 5 rings (SSSR count). The highest BCUT2D eigenvalue weighted by atomic mass is 32.2. The molecule has 0 radical (unpaired) electrons. The highest BCUT2D eigenvalue weighted by Gasteiger charge is 2.25. The van der Waals surface area contributed by atoms with Crippen molar-refractivity contribution in [2.24, 2.45) is 0 Å². The number of rotatable bonds is 5. The van der Waals surface area contributed by atoms with Crippen molar-refractivity contribution in [1.82, 2.24) is 30.4 Å². The fourth-order valence-electron chi connectivity index (χ4n) is 2.97. The third-order valence-corrected chi connectivity index (χ3v) is 5.31. The molecule has 136 valence electrons. The SMILES string of the molecule is Cc1cc(Nc2cc(C3CC3)[nH]n2)nc(Sc2ccc3c(=O)[nH][nH]c3c2)n1. The van der Waals surface area contributed by atoms with Gasteiger partial charge in [0.25, 0.3) is 5.56 Å². The minimum Gasteiger partial charge on any atom is -0.323 e. The molecule has 4 aromatic rings. The molecule has 1 saturated carbocycles. The van der Waals surface area contributed by atoms with Crippen LogP contribution in [0.3, 0.4) is 0 Å². The average Bonchev–Trinajstić information content (AvgIpc) is 3.28. The number of H-pyrrole nitrogens is 3. The summed E-state index contributed by atoms with van der Waals surface area (Å²) in [7, 11) is 0. The Morgan fingerprint density at radius 3 is 2.85 bits per heavy atom. The van der Waals surface area contributed by atoms with E-state index in [4.69, 9.17) is 0 Å². The third-order valence-electron chi connectivity index (χ3n) is 4.46. The van der Waals surface area contributed by atoms with Crippen molar-refractivity contribution >= 4 is 34.3 Å². The van der Waals surface area contributed by atoms with Crippen LogP contribution in [-0.2, 0) is 0 Å². The lowest BCUT2D eigenvalue weighted by Crippen LogP contribution is -1.98. The van der Waals surface area contributed by atoms with Crippen LogP contribution in [0.4, 0.5) is 11.6 Å². The van der Waals surface area contributed by atoms with E-state index in [1.54, 1.807) is 6.07 Å². The summed E-state index contributed by atoms with van der Waals surface area (Å²) in [4.78, 5) is 21.7. The molecule has 0 amide bonds. The van der Waals surface area contributed by atoms with Crippen molar-refractivity contribution in [2.45, 2.75) is 35.7 Å². The Morgan fingerprint density at radius 1 is 1.11 bits per heavy atom. The standard InChI is InChI=1S/C18H17N7OS/c1-9-6-15(20-16-8-13(22-24-16)10-2-3-10)21-18(19-9)27-11-4-5-12-14(7-11)23-25-17(12)26/h4-8,10H,2-3H2,1H3,(H2,23,25,26)(H2,19,20,21,22,24). The molecule has 1 aromatic carbocycles. The number of aromatic nitrogens is 6. The topological polar surface area (TPSA) is 115 Å². The summed E-state index contributed by atoms with van der Waals surface area (Å²) in [5.41, 5.74) is 2.68. The second kappa shape index (κ2) is 6.27. The molecule has 8 nitrogen and oxygen atoms in total. The third kappa shape index (κ3) is 3.33. The second-order valence-corrected chi connectivity index (χ2v) is 7.71. The summed E-state index contributed by atoms with van der Waals surface area (Å²) in [6, 6.07) is 9.53. The molecule has 3 heterocycles. The zero-order valence-corrected chi connectivity index (χ0v) is 15.4. The van der Waals surface area contributed by atoms with Crippen LogP contribution in [0.25, 0.3) is 10.9 Å². The molecule has 0 atom stereocenters. The van der Waals surface area contributed by atoms with E-state index in [0.29, 0.717) is 22.3 Å². The van der Waals surface area contributed by atoms with E-state index in [-0.39, 0.29) is 5.56 Å².